The summed E-state index contributed by atoms with van der Waals surface area (Å²) >= 11 is 1.15. The van der Waals surface area contributed by atoms with Gasteiger partial charge in [0, 0.05) is 17.6 Å². The van der Waals surface area contributed by atoms with E-state index < -0.39 is 10.0 Å². The van der Waals surface area contributed by atoms with E-state index in [2.05, 4.69) is 10.0 Å². The normalized spacial score (nSPS) is 15.4. The fraction of sp³-hybridized carbons (Fsp3) is 0.292. The van der Waals surface area contributed by atoms with Gasteiger partial charge >= 0.3 is 0 Å². The molecule has 8 heteroatoms. The van der Waals surface area contributed by atoms with E-state index in [1.165, 1.54) is 12.1 Å². The van der Waals surface area contributed by atoms with Gasteiger partial charge in [-0.25, -0.2) is 12.8 Å². The first-order valence-corrected chi connectivity index (χ1v) is 12.9. The summed E-state index contributed by atoms with van der Waals surface area (Å²) in [5.74, 6) is -0.350. The first-order chi connectivity index (χ1) is 15.4. The number of halogens is 1. The van der Waals surface area contributed by atoms with Crippen LogP contribution in [0.4, 0.5) is 10.1 Å². The second-order valence-electron chi connectivity index (χ2n) is 8.18. The molecular weight excluding hydrogens is 447 g/mol. The molecule has 1 aliphatic rings. The van der Waals surface area contributed by atoms with Crippen LogP contribution < -0.4 is 10.0 Å². The van der Waals surface area contributed by atoms with E-state index >= 15 is 0 Å². The molecule has 1 fully saturated rings. The molecule has 32 heavy (non-hydrogen) atoms. The zero-order valence-corrected chi connectivity index (χ0v) is 19.1. The minimum atomic E-state index is -3.59. The highest BCUT2D eigenvalue weighted by Crippen LogP contribution is 2.40. The summed E-state index contributed by atoms with van der Waals surface area (Å²) in [4.78, 5) is 12.6. The third-order valence-electron chi connectivity index (χ3n) is 5.97. The van der Waals surface area contributed by atoms with Crippen LogP contribution in [0.5, 0.6) is 0 Å². The van der Waals surface area contributed by atoms with Crippen molar-refractivity contribution in [2.45, 2.75) is 41.7 Å². The molecule has 1 aliphatic carbocycles. The molecule has 0 unspecified atom stereocenters. The van der Waals surface area contributed by atoms with Gasteiger partial charge in [0.2, 0.25) is 5.91 Å². The Balaban J connectivity index is 1.35. The van der Waals surface area contributed by atoms with Crippen LogP contribution in [0.1, 0.15) is 36.8 Å². The molecule has 0 aliphatic heterocycles. The maximum atomic E-state index is 13.3. The highest BCUT2D eigenvalue weighted by atomic mass is 32.2. The van der Waals surface area contributed by atoms with Gasteiger partial charge in [-0.1, -0.05) is 43.2 Å². The van der Waals surface area contributed by atoms with Gasteiger partial charge in [0.25, 0.3) is 10.0 Å². The van der Waals surface area contributed by atoms with Crippen molar-refractivity contribution in [1.29, 1.82) is 0 Å². The second-order valence-corrected chi connectivity index (χ2v) is 11.0. The maximum Gasteiger partial charge on any atom is 0.271 e. The van der Waals surface area contributed by atoms with Crippen LogP contribution in [-0.4, -0.2) is 20.9 Å². The van der Waals surface area contributed by atoms with E-state index in [0.29, 0.717) is 12.2 Å². The van der Waals surface area contributed by atoms with Crippen LogP contribution in [-0.2, 0) is 26.7 Å². The average molecular weight is 473 g/mol. The highest BCUT2D eigenvalue weighted by Gasteiger charge is 2.35. The predicted octanol–water partition coefficient (Wildman–Crippen LogP) is 4.86. The Bertz CT molecular complexity index is 1150. The Labute approximate surface area is 191 Å². The molecule has 2 N–H and O–H groups in total. The molecule has 1 aromatic heterocycles. The molecule has 1 heterocycles. The Morgan fingerprint density at radius 2 is 1.69 bits per heavy atom. The monoisotopic (exact) mass is 472 g/mol. The Hall–Kier alpha value is -2.71. The first kappa shape index (κ1) is 22.5. The van der Waals surface area contributed by atoms with Gasteiger partial charge in [0.1, 0.15) is 10.0 Å². The van der Waals surface area contributed by atoms with Crippen LogP contribution in [0.15, 0.2) is 70.3 Å². The smallest absolute Gasteiger partial charge is 0.271 e. The number of hydrogen-bond acceptors (Lipinski definition) is 4. The minimum Gasteiger partial charge on any atom is -0.355 e. The number of carbonyl (C=O) groups excluding carboxylic acids is 1. The quantitative estimate of drug-likeness (QED) is 0.492. The molecule has 3 aromatic rings. The number of sulfonamides is 1. The number of nitrogens with one attached hydrogen (secondary N) is 2. The van der Waals surface area contributed by atoms with Crippen molar-refractivity contribution in [2.75, 3.05) is 11.3 Å². The first-order valence-electron chi connectivity index (χ1n) is 10.5. The molecule has 0 atom stereocenters. The third kappa shape index (κ3) is 5.19. The molecule has 168 valence electrons. The molecule has 0 bridgehead atoms. The van der Waals surface area contributed by atoms with Crippen LogP contribution in [0, 0.1) is 5.82 Å². The van der Waals surface area contributed by atoms with E-state index in [9.17, 15) is 17.6 Å². The summed E-state index contributed by atoms with van der Waals surface area (Å²) in [5.41, 5.74) is 2.17. The highest BCUT2D eigenvalue weighted by molar-refractivity contribution is 7.94. The molecular formula is C24H25FN2O3S2. The average Bonchev–Trinajstić information content (AvgIpc) is 3.48. The van der Waals surface area contributed by atoms with E-state index in [1.807, 2.05) is 12.1 Å². The summed E-state index contributed by atoms with van der Waals surface area (Å²) < 4.78 is 40.8. The molecule has 1 amide bonds. The van der Waals surface area contributed by atoms with E-state index in [1.54, 1.807) is 41.8 Å². The van der Waals surface area contributed by atoms with E-state index in [4.69, 9.17) is 0 Å². The zero-order valence-electron chi connectivity index (χ0n) is 17.5. The van der Waals surface area contributed by atoms with Gasteiger partial charge in [-0.3, -0.25) is 9.52 Å². The zero-order chi connectivity index (χ0) is 22.6. The lowest BCUT2D eigenvalue weighted by molar-refractivity contribution is -0.120. The summed E-state index contributed by atoms with van der Waals surface area (Å²) in [5, 5.41) is 4.77. The van der Waals surface area contributed by atoms with Crippen molar-refractivity contribution < 1.29 is 17.6 Å². The van der Waals surface area contributed by atoms with Gasteiger partial charge in [-0.2, -0.15) is 0 Å². The van der Waals surface area contributed by atoms with Crippen molar-refractivity contribution in [3.63, 3.8) is 0 Å². The summed E-state index contributed by atoms with van der Waals surface area (Å²) in [6.07, 6.45) is 4.33. The fourth-order valence-electron chi connectivity index (χ4n) is 4.25. The maximum absolute atomic E-state index is 13.3. The predicted molar refractivity (Wildman–Crippen MR) is 125 cm³/mol. The van der Waals surface area contributed by atoms with Crippen molar-refractivity contribution in [3.8, 4) is 0 Å². The molecule has 0 saturated heterocycles. The van der Waals surface area contributed by atoms with Crippen molar-refractivity contribution in [1.82, 2.24) is 5.32 Å². The Kier molecular flexibility index (Phi) is 6.62. The lowest BCUT2D eigenvalue weighted by atomic mass is 9.78. The van der Waals surface area contributed by atoms with Gasteiger partial charge in [-0.05, 0) is 59.7 Å². The molecule has 2 aromatic carbocycles. The topological polar surface area (TPSA) is 75.3 Å². The van der Waals surface area contributed by atoms with Crippen molar-refractivity contribution in [2.24, 2.45) is 0 Å². The van der Waals surface area contributed by atoms with Crippen LogP contribution >= 0.6 is 11.3 Å². The largest absolute Gasteiger partial charge is 0.355 e. The minimum absolute atomic E-state index is 0.0923. The number of anilines is 1. The molecule has 4 rings (SSSR count). The van der Waals surface area contributed by atoms with Crippen molar-refractivity contribution >= 4 is 33.0 Å². The lowest BCUT2D eigenvalue weighted by Gasteiger charge is -2.30. The third-order valence-corrected chi connectivity index (χ3v) is 8.75. The van der Waals surface area contributed by atoms with Crippen LogP contribution in [0.3, 0.4) is 0 Å². The summed E-state index contributed by atoms with van der Waals surface area (Å²) in [6, 6.07) is 16.6. The van der Waals surface area contributed by atoms with Crippen LogP contribution in [0.25, 0.3) is 0 Å². The fourth-order valence-corrected chi connectivity index (χ4v) is 6.30. The number of rotatable bonds is 8. The van der Waals surface area contributed by atoms with Gasteiger partial charge < -0.3 is 5.32 Å². The SMILES string of the molecule is O=C(Cc1ccc(NS(=O)(=O)c2cccs2)cc1)NCC1(c2ccc(F)cc2)CCCC1. The molecule has 0 spiro atoms. The van der Waals surface area contributed by atoms with Crippen LogP contribution in [0.2, 0.25) is 0 Å². The molecule has 5 nitrogen and oxygen atoms in total. The van der Waals surface area contributed by atoms with E-state index in [-0.39, 0.29) is 27.8 Å². The Morgan fingerprint density at radius 3 is 2.31 bits per heavy atom. The number of amides is 1. The van der Waals surface area contributed by atoms with Gasteiger partial charge in [-0.15, -0.1) is 11.3 Å². The second kappa shape index (κ2) is 9.42. The van der Waals surface area contributed by atoms with Crippen molar-refractivity contribution in [3.05, 3.63) is 83.0 Å². The van der Waals surface area contributed by atoms with Gasteiger partial charge in [0.15, 0.2) is 0 Å². The number of hydrogen-bond donors (Lipinski definition) is 2. The number of benzene rings is 2. The standard InChI is InChI=1S/C24H25FN2O3S2/c25-20-9-7-19(8-10-20)24(13-1-2-14-24)17-26-22(28)16-18-5-11-21(12-6-18)27-32(29,30)23-4-3-15-31-23/h3-12,15,27H,1-2,13-14,16-17H2,(H,26,28). The Morgan fingerprint density at radius 1 is 1.00 bits per heavy atom. The summed E-state index contributed by atoms with van der Waals surface area (Å²) in [6.45, 7) is 0.524. The summed E-state index contributed by atoms with van der Waals surface area (Å²) in [7, 11) is -3.59. The molecule has 1 saturated carbocycles. The number of carbonyl (C=O) groups is 1. The number of thiophene rings is 1. The molecule has 0 radical (unpaired) electrons. The lowest BCUT2D eigenvalue weighted by Crippen LogP contribution is -2.39. The van der Waals surface area contributed by atoms with E-state index in [0.717, 1.165) is 48.1 Å². The van der Waals surface area contributed by atoms with Gasteiger partial charge in [0.05, 0.1) is 6.42 Å².